The Morgan fingerprint density at radius 3 is 2.63 bits per heavy atom. The summed E-state index contributed by atoms with van der Waals surface area (Å²) < 4.78 is 30.3. The molecular formula is C25H28N6O6S. The van der Waals surface area contributed by atoms with Gasteiger partial charge in [0.1, 0.15) is 23.1 Å². The fourth-order valence-corrected chi connectivity index (χ4v) is 6.66. The molecule has 3 amide bonds. The number of hydrogen-bond acceptors (Lipinski definition) is 7. The van der Waals surface area contributed by atoms with Gasteiger partial charge in [0.2, 0.25) is 11.8 Å². The minimum absolute atomic E-state index is 0.0473. The van der Waals surface area contributed by atoms with Gasteiger partial charge in [0, 0.05) is 32.6 Å². The number of anilines is 1. The molecule has 0 bridgehead atoms. The molecule has 0 saturated carbocycles. The lowest BCUT2D eigenvalue weighted by atomic mass is 10.1. The van der Waals surface area contributed by atoms with Crippen LogP contribution in [-0.4, -0.2) is 53.8 Å². The number of piperidine rings is 2. The van der Waals surface area contributed by atoms with Gasteiger partial charge in [-0.05, 0) is 38.3 Å². The van der Waals surface area contributed by atoms with Gasteiger partial charge in [-0.25, -0.2) is 4.98 Å². The third-order valence-corrected chi connectivity index (χ3v) is 8.91. The standard InChI is InChI=1S/C25H28N6O6S/c1-15-26-22-17(25(35)31(15)19-9-10-21(32)28-23(19)33)7-6-8-18(22)27-24(34)20-13-16(14-29(20)2)38(36,37)30-11-4-3-5-12-30/h6-8,13-14,19H,3-5,9-12H2,1-2H3,(H2-,27,28,32,33,34,36,37). The maximum atomic E-state index is 13.4. The van der Waals surface area contributed by atoms with E-state index < -0.39 is 33.8 Å². The number of imide groups is 1. The smallest absolute Gasteiger partial charge is 0.272 e. The Kier molecular flexibility index (Phi) is 6.75. The lowest BCUT2D eigenvalue weighted by Crippen LogP contribution is -2.45. The lowest BCUT2D eigenvalue weighted by molar-refractivity contribution is -0.135. The number of aromatic nitrogens is 3. The molecule has 4 heterocycles. The van der Waals surface area contributed by atoms with Crippen LogP contribution in [0.5, 0.6) is 0 Å². The number of carbonyl (C=O) groups excluding carboxylic acids is 3. The van der Waals surface area contributed by atoms with E-state index in [0.29, 0.717) is 13.1 Å². The van der Waals surface area contributed by atoms with Crippen molar-refractivity contribution in [3.63, 3.8) is 0 Å². The molecule has 5 rings (SSSR count). The predicted molar refractivity (Wildman–Crippen MR) is 138 cm³/mol. The molecule has 0 aliphatic carbocycles. The van der Waals surface area contributed by atoms with E-state index in [1.54, 1.807) is 32.2 Å². The molecule has 2 atom stereocenters. The maximum absolute atomic E-state index is 13.4. The quantitative estimate of drug-likeness (QED) is 0.368. The zero-order chi connectivity index (χ0) is 27.2. The molecule has 2 aliphatic heterocycles. The summed E-state index contributed by atoms with van der Waals surface area (Å²) in [5.41, 5.74) is 0.171. The first-order chi connectivity index (χ1) is 18.1. The molecule has 200 valence electrons. The zero-order valence-electron chi connectivity index (χ0n) is 21.1. The third kappa shape index (κ3) is 4.57. The van der Waals surface area contributed by atoms with Gasteiger partial charge in [-0.1, -0.05) is 16.7 Å². The summed E-state index contributed by atoms with van der Waals surface area (Å²) in [7, 11) is -2.13. The first-order valence-corrected chi connectivity index (χ1v) is 13.9. The minimum Gasteiger partial charge on any atom is -0.593 e. The second-order valence-electron chi connectivity index (χ2n) is 9.59. The van der Waals surface area contributed by atoms with E-state index in [1.165, 1.54) is 25.7 Å². The van der Waals surface area contributed by atoms with Gasteiger partial charge < -0.3 is 14.4 Å². The second-order valence-corrected chi connectivity index (χ2v) is 11.5. The molecule has 2 aromatic heterocycles. The number of benzene rings is 1. The number of sulfonamides is 1. The summed E-state index contributed by atoms with van der Waals surface area (Å²) in [6.07, 6.45) is 4.32. The van der Waals surface area contributed by atoms with Gasteiger partial charge in [0.05, 0.1) is 17.3 Å². The van der Waals surface area contributed by atoms with Crippen molar-refractivity contribution in [1.29, 1.82) is 0 Å². The molecule has 2 N–H and O–H groups in total. The molecule has 13 heteroatoms. The molecule has 2 unspecified atom stereocenters. The largest absolute Gasteiger partial charge is 0.593 e. The summed E-state index contributed by atoms with van der Waals surface area (Å²) >= 11 is 0. The number of fused-ring (bicyclic) bond motifs is 1. The fraction of sp³-hybridized carbons (Fsp3) is 0.400. The topological polar surface area (TPSA) is 158 Å². The van der Waals surface area contributed by atoms with E-state index in [9.17, 15) is 27.9 Å². The van der Waals surface area contributed by atoms with Crippen molar-refractivity contribution in [1.82, 2.24) is 23.7 Å². The number of aryl methyl sites for hydroxylation is 2. The van der Waals surface area contributed by atoms with Gasteiger partial charge >= 0.3 is 0 Å². The molecule has 0 radical (unpaired) electrons. The molecule has 3 aromatic rings. The summed E-state index contributed by atoms with van der Waals surface area (Å²) in [6, 6.07) is 5.21. The van der Waals surface area contributed by atoms with Crippen LogP contribution in [0.15, 0.2) is 40.2 Å². The van der Waals surface area contributed by atoms with Crippen LogP contribution < -0.4 is 16.2 Å². The summed E-state index contributed by atoms with van der Waals surface area (Å²) in [4.78, 5) is 55.1. The van der Waals surface area contributed by atoms with Crippen molar-refractivity contribution in [2.24, 2.45) is 7.05 Å². The Bertz CT molecular complexity index is 1570. The molecule has 38 heavy (non-hydrogen) atoms. The third-order valence-electron chi connectivity index (χ3n) is 7.04. The highest BCUT2D eigenvalue weighted by molar-refractivity contribution is 7.95. The van der Waals surface area contributed by atoms with Crippen LogP contribution in [0.1, 0.15) is 54.5 Å². The number of hydrogen-bond donors (Lipinski definition) is 2. The highest BCUT2D eigenvalue weighted by atomic mass is 32.3. The molecular weight excluding hydrogens is 512 g/mol. The lowest BCUT2D eigenvalue weighted by Gasteiger charge is -2.29. The highest BCUT2D eigenvalue weighted by Gasteiger charge is 2.34. The second kappa shape index (κ2) is 9.89. The van der Waals surface area contributed by atoms with E-state index in [1.807, 2.05) is 0 Å². The van der Waals surface area contributed by atoms with Crippen molar-refractivity contribution >= 4 is 44.7 Å². The van der Waals surface area contributed by atoms with Crippen LogP contribution in [-0.2, 0) is 31.2 Å². The van der Waals surface area contributed by atoms with Crippen molar-refractivity contribution in [3.8, 4) is 0 Å². The van der Waals surface area contributed by atoms with Crippen LogP contribution in [0, 0.1) is 6.92 Å². The first-order valence-electron chi connectivity index (χ1n) is 12.4. The average Bonchev–Trinajstić information content (AvgIpc) is 3.29. The van der Waals surface area contributed by atoms with E-state index in [4.69, 9.17) is 0 Å². The Morgan fingerprint density at radius 1 is 1.18 bits per heavy atom. The van der Waals surface area contributed by atoms with Gasteiger partial charge in [-0.2, -0.15) is 0 Å². The predicted octanol–water partition coefficient (Wildman–Crippen LogP) is 1.66. The number of nitrogens with one attached hydrogen (secondary N) is 2. The van der Waals surface area contributed by atoms with Gasteiger partial charge in [0.15, 0.2) is 15.3 Å². The van der Waals surface area contributed by atoms with Crippen LogP contribution in [0.3, 0.4) is 0 Å². The summed E-state index contributed by atoms with van der Waals surface area (Å²) in [6.45, 7) is 2.49. The number of para-hydroxylation sites is 1. The Labute approximate surface area is 219 Å². The van der Waals surface area contributed by atoms with E-state index in [0.717, 1.165) is 19.3 Å². The SMILES string of the molecule is Cc1nc2c(NC(=O)c3cc([S+](=O)([O-])N4CCCCC4)cn3C)cccc2c(=O)n1C1CCC(=O)NC1=O. The van der Waals surface area contributed by atoms with Gasteiger partial charge in [0.25, 0.3) is 11.5 Å². The number of amides is 3. The summed E-state index contributed by atoms with van der Waals surface area (Å²) in [5.74, 6) is -1.25. The Balaban J connectivity index is 1.46. The number of carbonyl (C=O) groups is 3. The number of rotatable bonds is 5. The normalized spacial score (nSPS) is 20.2. The highest BCUT2D eigenvalue weighted by Crippen LogP contribution is 2.28. The van der Waals surface area contributed by atoms with Crippen LogP contribution in [0.25, 0.3) is 10.9 Å². The molecule has 0 spiro atoms. The van der Waals surface area contributed by atoms with Gasteiger partial charge in [-0.15, -0.1) is 4.31 Å². The van der Waals surface area contributed by atoms with Gasteiger partial charge in [-0.3, -0.25) is 29.1 Å². The van der Waals surface area contributed by atoms with Crippen LogP contribution in [0.2, 0.25) is 0 Å². The van der Waals surface area contributed by atoms with E-state index >= 15 is 0 Å². The van der Waals surface area contributed by atoms with Crippen molar-refractivity contribution in [2.75, 3.05) is 18.4 Å². The van der Waals surface area contributed by atoms with E-state index in [-0.39, 0.29) is 51.8 Å². The molecule has 2 fully saturated rings. The van der Waals surface area contributed by atoms with Crippen LogP contribution >= 0.6 is 0 Å². The van der Waals surface area contributed by atoms with E-state index in [2.05, 4.69) is 15.6 Å². The van der Waals surface area contributed by atoms with Crippen molar-refractivity contribution < 1.29 is 23.1 Å². The maximum Gasteiger partial charge on any atom is 0.272 e. The van der Waals surface area contributed by atoms with Crippen LogP contribution in [0.4, 0.5) is 5.69 Å². The monoisotopic (exact) mass is 540 g/mol. The Morgan fingerprint density at radius 2 is 1.92 bits per heavy atom. The van der Waals surface area contributed by atoms with Crippen molar-refractivity contribution in [3.05, 3.63) is 52.3 Å². The zero-order valence-corrected chi connectivity index (χ0v) is 21.9. The Hall–Kier alpha value is -3.68. The molecule has 2 saturated heterocycles. The first kappa shape index (κ1) is 25.9. The average molecular weight is 541 g/mol. The summed E-state index contributed by atoms with van der Waals surface area (Å²) in [5, 5.41) is 5.20. The number of nitrogens with zero attached hydrogens (tertiary/aromatic N) is 4. The molecule has 12 nitrogen and oxygen atoms in total. The molecule has 2 aliphatic rings. The van der Waals surface area contributed by atoms with Crippen molar-refractivity contribution in [2.45, 2.75) is 50.0 Å². The minimum atomic E-state index is -3.72. The molecule has 1 aromatic carbocycles. The fourth-order valence-electron chi connectivity index (χ4n) is 5.07.